The minimum absolute atomic E-state index is 0.144. The smallest absolute Gasteiger partial charge is 0.326 e. The van der Waals surface area contributed by atoms with Gasteiger partial charge in [-0.2, -0.15) is 0 Å². The Balaban J connectivity index is 1.46. The summed E-state index contributed by atoms with van der Waals surface area (Å²) in [4.78, 5) is 40.2. The molecule has 2 aromatic rings. The third kappa shape index (κ3) is 2.72. The highest BCUT2D eigenvalue weighted by Gasteiger charge is 2.61. The van der Waals surface area contributed by atoms with E-state index in [1.54, 1.807) is 0 Å². The van der Waals surface area contributed by atoms with Crippen molar-refractivity contribution in [2.75, 3.05) is 13.2 Å². The predicted molar refractivity (Wildman–Crippen MR) is 111 cm³/mol. The Bertz CT molecular complexity index is 914. The maximum absolute atomic E-state index is 13.4. The number of benzene rings is 2. The van der Waals surface area contributed by atoms with E-state index in [1.165, 1.54) is 0 Å². The van der Waals surface area contributed by atoms with Gasteiger partial charge in [-0.25, -0.2) is 0 Å². The van der Waals surface area contributed by atoms with Gasteiger partial charge < -0.3 is 4.74 Å². The van der Waals surface area contributed by atoms with Gasteiger partial charge in [0, 0.05) is 11.8 Å². The molecule has 5 heteroatoms. The van der Waals surface area contributed by atoms with Gasteiger partial charge in [-0.1, -0.05) is 68.3 Å². The van der Waals surface area contributed by atoms with Crippen LogP contribution in [0, 0.1) is 11.8 Å². The van der Waals surface area contributed by atoms with E-state index in [2.05, 4.69) is 31.2 Å². The van der Waals surface area contributed by atoms with Gasteiger partial charge >= 0.3 is 5.97 Å². The first-order chi connectivity index (χ1) is 14.6. The van der Waals surface area contributed by atoms with Gasteiger partial charge in [-0.3, -0.25) is 19.3 Å². The Kier molecular flexibility index (Phi) is 4.69. The zero-order valence-electron chi connectivity index (χ0n) is 17.0. The standard InChI is InChI=1S/C25H25NO4/c1-2-3-8-13-30-19(27)14-26-24(28)22-20-15-9-4-5-10-16(15)21(23(22)25(26)29)18-12-7-6-11-17(18)20/h4-7,9-12,20-23H,2-3,8,13-14H2,1H3. The lowest BCUT2D eigenvalue weighted by Crippen LogP contribution is -2.41. The maximum atomic E-state index is 13.4. The molecule has 0 radical (unpaired) electrons. The average Bonchev–Trinajstić information content (AvgIpc) is 3.02. The normalized spacial score (nSPS) is 25.7. The fraction of sp³-hybridized carbons (Fsp3) is 0.400. The first kappa shape index (κ1) is 19.0. The maximum Gasteiger partial charge on any atom is 0.326 e. The summed E-state index contributed by atoms with van der Waals surface area (Å²) in [5.41, 5.74) is 4.53. The molecule has 4 aliphatic rings. The molecule has 30 heavy (non-hydrogen) atoms. The number of carbonyl (C=O) groups is 3. The van der Waals surface area contributed by atoms with Crippen LogP contribution in [0.2, 0.25) is 0 Å². The van der Waals surface area contributed by atoms with Gasteiger partial charge in [0.2, 0.25) is 11.8 Å². The number of nitrogens with zero attached hydrogens (tertiary/aromatic N) is 1. The van der Waals surface area contributed by atoms with Crippen LogP contribution in [0.5, 0.6) is 0 Å². The Labute approximate surface area is 176 Å². The van der Waals surface area contributed by atoms with Crippen LogP contribution in [-0.4, -0.2) is 35.8 Å². The molecule has 2 unspecified atom stereocenters. The van der Waals surface area contributed by atoms with Crippen LogP contribution in [-0.2, 0) is 19.1 Å². The zero-order chi connectivity index (χ0) is 20.8. The van der Waals surface area contributed by atoms with Crippen molar-refractivity contribution in [2.45, 2.75) is 38.0 Å². The number of ether oxygens (including phenoxy) is 1. The minimum Gasteiger partial charge on any atom is -0.464 e. The molecule has 5 nitrogen and oxygen atoms in total. The molecular weight excluding hydrogens is 378 g/mol. The van der Waals surface area contributed by atoms with Crippen LogP contribution in [0.15, 0.2) is 48.5 Å². The Morgan fingerprint density at radius 2 is 1.30 bits per heavy atom. The number of imide groups is 1. The summed E-state index contributed by atoms with van der Waals surface area (Å²) < 4.78 is 5.26. The number of esters is 1. The number of likely N-dealkylation sites (tertiary alicyclic amines) is 1. The Morgan fingerprint density at radius 1 is 0.833 bits per heavy atom. The molecule has 2 amide bonds. The second-order valence-corrected chi connectivity index (χ2v) is 8.45. The van der Waals surface area contributed by atoms with E-state index < -0.39 is 17.8 Å². The van der Waals surface area contributed by atoms with Gasteiger partial charge in [0.25, 0.3) is 0 Å². The van der Waals surface area contributed by atoms with Gasteiger partial charge in [0.1, 0.15) is 6.54 Å². The SMILES string of the molecule is CCCCCOC(=O)CN1C(=O)C2C3c4ccccc4C(c4ccccc43)C2C1=O. The topological polar surface area (TPSA) is 63.7 Å². The van der Waals surface area contributed by atoms with E-state index in [0.717, 1.165) is 46.4 Å². The Hall–Kier alpha value is -2.95. The second kappa shape index (κ2) is 7.38. The van der Waals surface area contributed by atoms with Crippen molar-refractivity contribution in [2.24, 2.45) is 11.8 Å². The monoisotopic (exact) mass is 403 g/mol. The molecule has 1 fully saturated rings. The van der Waals surface area contributed by atoms with Crippen molar-refractivity contribution in [1.29, 1.82) is 0 Å². The fourth-order valence-corrected chi connectivity index (χ4v) is 5.61. The molecule has 0 N–H and O–H groups in total. The van der Waals surface area contributed by atoms with Crippen LogP contribution in [0.1, 0.15) is 60.3 Å². The van der Waals surface area contributed by atoms with Crippen molar-refractivity contribution < 1.29 is 19.1 Å². The quantitative estimate of drug-likeness (QED) is 0.420. The van der Waals surface area contributed by atoms with Gasteiger partial charge in [-0.05, 0) is 28.7 Å². The summed E-state index contributed by atoms with van der Waals surface area (Å²) in [6, 6.07) is 16.2. The van der Waals surface area contributed by atoms with Gasteiger partial charge in [0.05, 0.1) is 18.4 Å². The third-order valence-electron chi connectivity index (χ3n) is 6.84. The number of rotatable bonds is 6. The molecule has 1 heterocycles. The molecule has 0 spiro atoms. The zero-order valence-corrected chi connectivity index (χ0v) is 17.0. The van der Waals surface area contributed by atoms with E-state index >= 15 is 0 Å². The van der Waals surface area contributed by atoms with Crippen molar-refractivity contribution >= 4 is 17.8 Å². The van der Waals surface area contributed by atoms with Crippen molar-refractivity contribution in [3.05, 3.63) is 70.8 Å². The largest absolute Gasteiger partial charge is 0.464 e. The molecule has 3 aliphatic carbocycles. The molecule has 0 saturated carbocycles. The van der Waals surface area contributed by atoms with E-state index in [0.29, 0.717) is 6.61 Å². The van der Waals surface area contributed by atoms with Gasteiger partial charge in [-0.15, -0.1) is 0 Å². The van der Waals surface area contributed by atoms with E-state index in [9.17, 15) is 14.4 Å². The van der Waals surface area contributed by atoms with Crippen LogP contribution in [0.4, 0.5) is 0 Å². The lowest BCUT2D eigenvalue weighted by atomic mass is 9.55. The van der Waals surface area contributed by atoms with Crippen LogP contribution >= 0.6 is 0 Å². The molecule has 2 bridgehead atoms. The molecule has 6 rings (SSSR count). The van der Waals surface area contributed by atoms with Crippen molar-refractivity contribution in [1.82, 2.24) is 4.90 Å². The second-order valence-electron chi connectivity index (χ2n) is 8.45. The van der Waals surface area contributed by atoms with Gasteiger partial charge in [0.15, 0.2) is 0 Å². The molecule has 1 saturated heterocycles. The number of amides is 2. The van der Waals surface area contributed by atoms with Crippen LogP contribution in [0.3, 0.4) is 0 Å². The number of unbranched alkanes of at least 4 members (excludes halogenated alkanes) is 2. The highest BCUT2D eigenvalue weighted by atomic mass is 16.5. The number of carbonyl (C=O) groups excluding carboxylic acids is 3. The Morgan fingerprint density at radius 3 is 1.73 bits per heavy atom. The predicted octanol–water partition coefficient (Wildman–Crippen LogP) is 3.61. The highest BCUT2D eigenvalue weighted by Crippen LogP contribution is 2.60. The number of hydrogen-bond donors (Lipinski definition) is 0. The summed E-state index contributed by atoms with van der Waals surface area (Å²) in [5, 5.41) is 0. The summed E-state index contributed by atoms with van der Waals surface area (Å²) in [6.45, 7) is 2.12. The lowest BCUT2D eigenvalue weighted by Gasteiger charge is -2.45. The average molecular weight is 403 g/mol. The summed E-state index contributed by atoms with van der Waals surface area (Å²) >= 11 is 0. The van der Waals surface area contributed by atoms with E-state index in [1.807, 2.05) is 24.3 Å². The first-order valence-corrected chi connectivity index (χ1v) is 10.8. The molecule has 0 aromatic heterocycles. The van der Waals surface area contributed by atoms with Crippen LogP contribution in [0.25, 0.3) is 0 Å². The van der Waals surface area contributed by atoms with E-state index in [4.69, 9.17) is 4.74 Å². The molecule has 2 atom stereocenters. The van der Waals surface area contributed by atoms with Crippen LogP contribution < -0.4 is 0 Å². The summed E-state index contributed by atoms with van der Waals surface area (Å²) in [7, 11) is 0. The highest BCUT2D eigenvalue weighted by molar-refractivity contribution is 6.09. The molecular formula is C25H25NO4. The summed E-state index contributed by atoms with van der Waals surface area (Å²) in [6.07, 6.45) is 2.82. The lowest BCUT2D eigenvalue weighted by molar-refractivity contribution is -0.153. The molecule has 1 aliphatic heterocycles. The van der Waals surface area contributed by atoms with Crippen molar-refractivity contribution in [3.63, 3.8) is 0 Å². The summed E-state index contributed by atoms with van der Waals surface area (Å²) in [5.74, 6) is -2.16. The first-order valence-electron chi connectivity index (χ1n) is 10.8. The number of hydrogen-bond acceptors (Lipinski definition) is 4. The third-order valence-corrected chi connectivity index (χ3v) is 6.84. The fourth-order valence-electron chi connectivity index (χ4n) is 5.61. The van der Waals surface area contributed by atoms with E-state index in [-0.39, 0.29) is 30.2 Å². The molecule has 154 valence electrons. The van der Waals surface area contributed by atoms with Crippen molar-refractivity contribution in [3.8, 4) is 0 Å². The minimum atomic E-state index is -0.506. The molecule has 2 aromatic carbocycles.